The molecule has 6 heteroatoms. The van der Waals surface area contributed by atoms with Gasteiger partial charge >= 0.3 is 0 Å². The minimum Gasteiger partial charge on any atom is -0.263 e. The van der Waals surface area contributed by atoms with Crippen LogP contribution in [0, 0.1) is 0 Å². The van der Waals surface area contributed by atoms with Crippen LogP contribution in [-0.2, 0) is 0 Å². The predicted octanol–water partition coefficient (Wildman–Crippen LogP) is 2.22. The van der Waals surface area contributed by atoms with Crippen LogP contribution in [0.25, 0.3) is 0 Å². The summed E-state index contributed by atoms with van der Waals surface area (Å²) in [5.74, 6) is 0. The number of rotatable bonds is 4. The Hall–Kier alpha value is 0.700. The lowest BCUT2D eigenvalue weighted by molar-refractivity contribution is 0.435. The van der Waals surface area contributed by atoms with Crippen LogP contribution in [0.4, 0.5) is 0 Å². The lowest BCUT2D eigenvalue weighted by atomic mass is 10.8. The van der Waals surface area contributed by atoms with Gasteiger partial charge in [-0.05, 0) is 28.2 Å². The van der Waals surface area contributed by atoms with Gasteiger partial charge in [0.1, 0.15) is 16.7 Å². The van der Waals surface area contributed by atoms with E-state index in [1.165, 1.54) is 0 Å². The molecule has 0 N–H and O–H groups in total. The summed E-state index contributed by atoms with van der Waals surface area (Å²) in [4.78, 5) is 0. The fourth-order valence-corrected chi connectivity index (χ4v) is 8.53. The zero-order chi connectivity index (χ0) is 10.9. The summed E-state index contributed by atoms with van der Waals surface area (Å²) in [6, 6.07) is 0. The van der Waals surface area contributed by atoms with Gasteiger partial charge in [0.2, 0.25) is 0 Å². The SMILES string of the molecule is CCN1P(N(C)C)N(CC)P1N(C)C. The van der Waals surface area contributed by atoms with Crippen molar-refractivity contribution in [2.24, 2.45) is 0 Å². The molecule has 0 aromatic carbocycles. The molecule has 0 unspecified atom stereocenters. The number of hydrogen-bond donors (Lipinski definition) is 0. The summed E-state index contributed by atoms with van der Waals surface area (Å²) in [6.07, 6.45) is 0. The smallest absolute Gasteiger partial charge is 0.131 e. The maximum atomic E-state index is 2.62. The molecule has 1 fully saturated rings. The van der Waals surface area contributed by atoms with E-state index in [0.717, 1.165) is 13.1 Å². The molecule has 0 aromatic rings. The normalized spacial score (nSPS) is 30.0. The van der Waals surface area contributed by atoms with Gasteiger partial charge < -0.3 is 0 Å². The molecular formula is C8H22N4P2. The molecule has 0 aromatic heterocycles. The van der Waals surface area contributed by atoms with Crippen LogP contribution in [0.15, 0.2) is 0 Å². The third-order valence-corrected chi connectivity index (χ3v) is 8.24. The summed E-state index contributed by atoms with van der Waals surface area (Å²) in [5, 5.41) is 0. The van der Waals surface area contributed by atoms with Crippen molar-refractivity contribution in [3.8, 4) is 0 Å². The van der Waals surface area contributed by atoms with E-state index in [0.29, 0.717) is 0 Å². The van der Waals surface area contributed by atoms with Gasteiger partial charge in [0.25, 0.3) is 0 Å². The highest BCUT2D eigenvalue weighted by Crippen LogP contribution is 2.77. The molecule has 14 heavy (non-hydrogen) atoms. The van der Waals surface area contributed by atoms with Gasteiger partial charge in [0, 0.05) is 13.1 Å². The molecule has 0 radical (unpaired) electrons. The van der Waals surface area contributed by atoms with Crippen molar-refractivity contribution in [2.45, 2.75) is 13.8 Å². The fraction of sp³-hybridized carbons (Fsp3) is 1.00. The molecule has 0 spiro atoms. The van der Waals surface area contributed by atoms with Crippen molar-refractivity contribution in [2.75, 3.05) is 41.3 Å². The van der Waals surface area contributed by atoms with Crippen molar-refractivity contribution in [1.29, 1.82) is 0 Å². The molecule has 84 valence electrons. The van der Waals surface area contributed by atoms with Crippen LogP contribution >= 0.6 is 16.7 Å². The Labute approximate surface area is 90.7 Å². The summed E-state index contributed by atoms with van der Waals surface area (Å²) >= 11 is 0. The van der Waals surface area contributed by atoms with Crippen molar-refractivity contribution >= 4 is 16.7 Å². The second kappa shape index (κ2) is 5.16. The third kappa shape index (κ3) is 2.11. The summed E-state index contributed by atoms with van der Waals surface area (Å²) in [5.41, 5.74) is 0. The Kier molecular flexibility index (Phi) is 4.70. The van der Waals surface area contributed by atoms with Crippen LogP contribution in [-0.4, -0.2) is 59.5 Å². The predicted molar refractivity (Wildman–Crippen MR) is 66.0 cm³/mol. The largest absolute Gasteiger partial charge is 0.263 e. The Bertz CT molecular complexity index is 160. The first-order valence-electron chi connectivity index (χ1n) is 5.04. The first kappa shape index (κ1) is 12.8. The van der Waals surface area contributed by atoms with Crippen molar-refractivity contribution in [3.63, 3.8) is 0 Å². The first-order valence-corrected chi connectivity index (χ1v) is 7.44. The lowest BCUT2D eigenvalue weighted by Crippen LogP contribution is -2.45. The van der Waals surface area contributed by atoms with E-state index in [4.69, 9.17) is 0 Å². The molecule has 0 atom stereocenters. The Balaban J connectivity index is 2.70. The minimum atomic E-state index is -0.168. The second-order valence-electron chi connectivity index (χ2n) is 3.61. The maximum Gasteiger partial charge on any atom is 0.131 e. The maximum absolute atomic E-state index is 2.62. The molecule has 4 nitrogen and oxygen atoms in total. The average Bonchev–Trinajstić information content (AvgIpc) is 2.02. The average molecular weight is 236 g/mol. The number of nitrogens with zero attached hydrogens (tertiary/aromatic N) is 4. The topological polar surface area (TPSA) is 13.0 Å². The zero-order valence-corrected chi connectivity index (χ0v) is 11.9. The van der Waals surface area contributed by atoms with Crippen LogP contribution in [0.3, 0.4) is 0 Å². The van der Waals surface area contributed by atoms with Crippen molar-refractivity contribution in [1.82, 2.24) is 18.2 Å². The molecule has 1 aliphatic rings. The van der Waals surface area contributed by atoms with E-state index in [-0.39, 0.29) is 16.7 Å². The standard InChI is InChI=1S/C8H22N4P2/c1-7-11-13(9(3)4)12(8-2)14(11)10(5)6/h7-8H2,1-6H3. The van der Waals surface area contributed by atoms with E-state index in [2.05, 4.69) is 60.3 Å². The van der Waals surface area contributed by atoms with Gasteiger partial charge in [-0.3, -0.25) is 9.34 Å². The van der Waals surface area contributed by atoms with Gasteiger partial charge in [-0.25, -0.2) is 8.88 Å². The van der Waals surface area contributed by atoms with E-state index in [1.807, 2.05) is 0 Å². The molecule has 0 amide bonds. The van der Waals surface area contributed by atoms with Gasteiger partial charge in [-0.1, -0.05) is 13.8 Å². The molecule has 0 saturated carbocycles. The van der Waals surface area contributed by atoms with Crippen molar-refractivity contribution < 1.29 is 0 Å². The van der Waals surface area contributed by atoms with Gasteiger partial charge in [-0.15, -0.1) is 0 Å². The quantitative estimate of drug-likeness (QED) is 0.694. The van der Waals surface area contributed by atoms with Crippen LogP contribution < -0.4 is 0 Å². The number of hydrogen-bond acceptors (Lipinski definition) is 4. The highest BCUT2D eigenvalue weighted by Gasteiger charge is 2.48. The van der Waals surface area contributed by atoms with Crippen LogP contribution in [0.1, 0.15) is 13.8 Å². The third-order valence-electron chi connectivity index (χ3n) is 2.11. The summed E-state index contributed by atoms with van der Waals surface area (Å²) < 4.78 is 9.94. The second-order valence-corrected chi connectivity index (χ2v) is 8.84. The molecule has 1 saturated heterocycles. The molecule has 0 aliphatic carbocycles. The summed E-state index contributed by atoms with van der Waals surface area (Å²) in [6.45, 7) is 6.82. The zero-order valence-electron chi connectivity index (χ0n) is 10.1. The minimum absolute atomic E-state index is 0.168. The Morgan fingerprint density at radius 3 is 1.21 bits per heavy atom. The van der Waals surface area contributed by atoms with E-state index < -0.39 is 0 Å². The van der Waals surface area contributed by atoms with Crippen LogP contribution in [0.5, 0.6) is 0 Å². The fourth-order valence-electron chi connectivity index (χ4n) is 1.68. The Morgan fingerprint density at radius 1 is 0.786 bits per heavy atom. The van der Waals surface area contributed by atoms with E-state index in [9.17, 15) is 0 Å². The molecule has 1 heterocycles. The van der Waals surface area contributed by atoms with Gasteiger partial charge in [-0.2, -0.15) is 0 Å². The highest BCUT2D eigenvalue weighted by atomic mass is 31.3. The molecule has 0 bridgehead atoms. The monoisotopic (exact) mass is 236 g/mol. The van der Waals surface area contributed by atoms with Crippen molar-refractivity contribution in [3.05, 3.63) is 0 Å². The molecular weight excluding hydrogens is 214 g/mol. The van der Waals surface area contributed by atoms with E-state index >= 15 is 0 Å². The first-order chi connectivity index (χ1) is 6.54. The van der Waals surface area contributed by atoms with Gasteiger partial charge in [0.15, 0.2) is 0 Å². The van der Waals surface area contributed by atoms with Crippen LogP contribution in [0.2, 0.25) is 0 Å². The lowest BCUT2D eigenvalue weighted by Gasteiger charge is -2.59. The highest BCUT2D eigenvalue weighted by molar-refractivity contribution is 7.80. The van der Waals surface area contributed by atoms with Gasteiger partial charge in [0.05, 0.1) is 0 Å². The summed E-state index contributed by atoms with van der Waals surface area (Å²) in [7, 11) is 8.38. The molecule has 1 rings (SSSR count). The molecule has 1 aliphatic heterocycles. The van der Waals surface area contributed by atoms with E-state index in [1.54, 1.807) is 0 Å². The Morgan fingerprint density at radius 2 is 1.07 bits per heavy atom.